The van der Waals surface area contributed by atoms with Gasteiger partial charge in [0.05, 0.1) is 10.0 Å². The highest BCUT2D eigenvalue weighted by Crippen LogP contribution is 2.25. The first kappa shape index (κ1) is 26.8. The molecule has 2 amide bonds. The molecule has 0 bridgehead atoms. The molecule has 0 spiro atoms. The molecule has 1 N–H and O–H groups in total. The maximum absolute atomic E-state index is 13.1. The number of amides is 2. The highest BCUT2D eigenvalue weighted by Gasteiger charge is 2.26. The number of hydrogen-bond donors (Lipinski definition) is 1. The van der Waals surface area contributed by atoms with Gasteiger partial charge < -0.3 is 10.2 Å². The lowest BCUT2D eigenvalue weighted by atomic mass is 10.1. The van der Waals surface area contributed by atoms with Crippen molar-refractivity contribution in [3.63, 3.8) is 0 Å². The van der Waals surface area contributed by atoms with Crippen LogP contribution in [0.1, 0.15) is 45.6 Å². The number of thioether (sulfide) groups is 1. The van der Waals surface area contributed by atoms with Crippen LogP contribution in [0.25, 0.3) is 0 Å². The molecule has 0 fully saturated rings. The fourth-order valence-corrected chi connectivity index (χ4v) is 4.27. The van der Waals surface area contributed by atoms with Crippen molar-refractivity contribution >= 4 is 58.4 Å². The van der Waals surface area contributed by atoms with Gasteiger partial charge in [0, 0.05) is 28.9 Å². The number of benzene rings is 2. The molecule has 0 saturated carbocycles. The minimum absolute atomic E-state index is 0.0441. The van der Waals surface area contributed by atoms with Gasteiger partial charge in [-0.1, -0.05) is 47.8 Å². The van der Waals surface area contributed by atoms with E-state index in [0.717, 1.165) is 22.6 Å². The molecule has 32 heavy (non-hydrogen) atoms. The Morgan fingerprint density at radius 3 is 2.34 bits per heavy atom. The molecular formula is C24H29Cl3N2O2S. The van der Waals surface area contributed by atoms with Crippen LogP contribution >= 0.6 is 46.6 Å². The lowest BCUT2D eigenvalue weighted by Gasteiger charge is -2.30. The van der Waals surface area contributed by atoms with E-state index < -0.39 is 6.04 Å². The molecule has 2 aromatic rings. The molecule has 0 saturated heterocycles. The van der Waals surface area contributed by atoms with Crippen LogP contribution in [0.15, 0.2) is 47.4 Å². The van der Waals surface area contributed by atoms with Crippen molar-refractivity contribution in [3.05, 3.63) is 63.1 Å². The summed E-state index contributed by atoms with van der Waals surface area (Å²) in [5.74, 6) is 0.560. The summed E-state index contributed by atoms with van der Waals surface area (Å²) >= 11 is 19.8. The summed E-state index contributed by atoms with van der Waals surface area (Å²) in [5.41, 5.74) is 0.825. The van der Waals surface area contributed by atoms with Crippen molar-refractivity contribution in [1.29, 1.82) is 0 Å². The molecule has 2 atom stereocenters. The van der Waals surface area contributed by atoms with Gasteiger partial charge in [-0.3, -0.25) is 9.59 Å². The number of rotatable bonds is 11. The van der Waals surface area contributed by atoms with Gasteiger partial charge in [0.15, 0.2) is 0 Å². The number of carbonyl (C=O) groups is 2. The van der Waals surface area contributed by atoms with Crippen LogP contribution in [-0.4, -0.2) is 34.6 Å². The molecule has 174 valence electrons. The van der Waals surface area contributed by atoms with Crippen LogP contribution in [0.3, 0.4) is 0 Å². The maximum atomic E-state index is 13.1. The van der Waals surface area contributed by atoms with Crippen molar-refractivity contribution in [2.24, 2.45) is 0 Å². The normalized spacial score (nSPS) is 12.8. The molecule has 0 radical (unpaired) electrons. The zero-order chi connectivity index (χ0) is 23.7. The number of nitrogens with zero attached hydrogens (tertiary/aromatic N) is 1. The zero-order valence-electron chi connectivity index (χ0n) is 18.5. The molecule has 0 aliphatic heterocycles. The van der Waals surface area contributed by atoms with Gasteiger partial charge >= 0.3 is 0 Å². The van der Waals surface area contributed by atoms with E-state index in [1.54, 1.807) is 35.7 Å². The average Bonchev–Trinajstić information content (AvgIpc) is 2.77. The van der Waals surface area contributed by atoms with E-state index in [2.05, 4.69) is 5.32 Å². The summed E-state index contributed by atoms with van der Waals surface area (Å²) in [6.45, 7) is 6.00. The van der Waals surface area contributed by atoms with Crippen molar-refractivity contribution < 1.29 is 9.59 Å². The van der Waals surface area contributed by atoms with Crippen molar-refractivity contribution in [2.45, 2.75) is 63.6 Å². The number of nitrogens with one attached hydrogen (secondary N) is 1. The lowest BCUT2D eigenvalue weighted by Crippen LogP contribution is -2.49. The van der Waals surface area contributed by atoms with Gasteiger partial charge in [-0.05, 0) is 74.4 Å². The highest BCUT2D eigenvalue weighted by molar-refractivity contribution is 7.99. The first-order chi connectivity index (χ1) is 15.2. The zero-order valence-corrected chi connectivity index (χ0v) is 21.6. The van der Waals surface area contributed by atoms with Crippen LogP contribution in [-0.2, 0) is 16.1 Å². The third kappa shape index (κ3) is 8.51. The van der Waals surface area contributed by atoms with E-state index in [0.29, 0.717) is 27.9 Å². The fourth-order valence-electron chi connectivity index (χ4n) is 2.97. The number of halogens is 3. The molecule has 4 nitrogen and oxygen atoms in total. The van der Waals surface area contributed by atoms with Gasteiger partial charge in [0.25, 0.3) is 0 Å². The Morgan fingerprint density at radius 1 is 1.03 bits per heavy atom. The molecule has 0 unspecified atom stereocenters. The molecule has 2 rings (SSSR count). The minimum Gasteiger partial charge on any atom is -0.352 e. The largest absolute Gasteiger partial charge is 0.352 e. The van der Waals surface area contributed by atoms with Crippen molar-refractivity contribution in [2.75, 3.05) is 5.75 Å². The monoisotopic (exact) mass is 514 g/mol. The van der Waals surface area contributed by atoms with E-state index in [-0.39, 0.29) is 24.4 Å². The Balaban J connectivity index is 2.04. The molecule has 0 aromatic heterocycles. The smallest absolute Gasteiger partial charge is 0.242 e. The van der Waals surface area contributed by atoms with Crippen LogP contribution in [0.2, 0.25) is 15.1 Å². The molecule has 0 heterocycles. The Morgan fingerprint density at radius 2 is 1.72 bits per heavy atom. The quantitative estimate of drug-likeness (QED) is 0.263. The third-order valence-corrected chi connectivity index (χ3v) is 7.21. The van der Waals surface area contributed by atoms with Crippen LogP contribution in [0.4, 0.5) is 0 Å². The predicted molar refractivity (Wildman–Crippen MR) is 136 cm³/mol. The first-order valence-electron chi connectivity index (χ1n) is 10.6. The van der Waals surface area contributed by atoms with Crippen LogP contribution in [0.5, 0.6) is 0 Å². The van der Waals surface area contributed by atoms with Crippen LogP contribution < -0.4 is 5.32 Å². The van der Waals surface area contributed by atoms with Gasteiger partial charge in [-0.2, -0.15) is 0 Å². The van der Waals surface area contributed by atoms with E-state index in [1.165, 1.54) is 0 Å². The predicted octanol–water partition coefficient (Wildman–Crippen LogP) is 6.85. The second kappa shape index (κ2) is 13.3. The second-order valence-corrected chi connectivity index (χ2v) is 10.1. The Kier molecular flexibility index (Phi) is 11.2. The summed E-state index contributed by atoms with van der Waals surface area (Å²) in [6, 6.07) is 12.3. The molecule has 2 aromatic carbocycles. The maximum Gasteiger partial charge on any atom is 0.242 e. The Hall–Kier alpha value is -1.40. The SMILES string of the molecule is CC[C@@H](C)NC(=O)[C@@H](C)N(Cc1ccc(Cl)c(Cl)c1)C(=O)CCCSc1ccc(Cl)cc1. The third-order valence-electron chi connectivity index (χ3n) is 5.12. The summed E-state index contributed by atoms with van der Waals surface area (Å²) < 4.78 is 0. The topological polar surface area (TPSA) is 49.4 Å². The van der Waals surface area contributed by atoms with Gasteiger partial charge in [0.2, 0.25) is 11.8 Å². The fraction of sp³-hybridized carbons (Fsp3) is 0.417. The van der Waals surface area contributed by atoms with Gasteiger partial charge in [0.1, 0.15) is 6.04 Å². The summed E-state index contributed by atoms with van der Waals surface area (Å²) in [6.07, 6.45) is 1.87. The molecule has 0 aliphatic carbocycles. The van der Waals surface area contributed by atoms with E-state index in [4.69, 9.17) is 34.8 Å². The first-order valence-corrected chi connectivity index (χ1v) is 12.7. The van der Waals surface area contributed by atoms with Crippen molar-refractivity contribution in [3.8, 4) is 0 Å². The number of carbonyl (C=O) groups excluding carboxylic acids is 2. The second-order valence-electron chi connectivity index (χ2n) is 7.67. The minimum atomic E-state index is -0.602. The van der Waals surface area contributed by atoms with E-state index >= 15 is 0 Å². The van der Waals surface area contributed by atoms with E-state index in [1.807, 2.05) is 44.2 Å². The van der Waals surface area contributed by atoms with Crippen LogP contribution in [0, 0.1) is 0 Å². The average molecular weight is 516 g/mol. The molecule has 8 heteroatoms. The number of hydrogen-bond acceptors (Lipinski definition) is 3. The Bertz CT molecular complexity index is 909. The lowest BCUT2D eigenvalue weighted by molar-refractivity contribution is -0.140. The van der Waals surface area contributed by atoms with E-state index in [9.17, 15) is 9.59 Å². The summed E-state index contributed by atoms with van der Waals surface area (Å²) in [4.78, 5) is 28.6. The molecular weight excluding hydrogens is 487 g/mol. The summed E-state index contributed by atoms with van der Waals surface area (Å²) in [7, 11) is 0. The van der Waals surface area contributed by atoms with Crippen molar-refractivity contribution in [1.82, 2.24) is 10.2 Å². The summed E-state index contributed by atoms with van der Waals surface area (Å²) in [5, 5.41) is 4.55. The highest BCUT2D eigenvalue weighted by atomic mass is 35.5. The standard InChI is InChI=1S/C24H29Cl3N2O2S/c1-4-16(2)28-24(31)17(3)29(15-18-7-12-21(26)22(27)14-18)23(30)6-5-13-32-20-10-8-19(25)9-11-20/h7-12,14,16-17H,4-6,13,15H2,1-3H3,(H,28,31)/t16-,17-/m1/s1. The van der Waals surface area contributed by atoms with Gasteiger partial charge in [-0.25, -0.2) is 0 Å². The molecule has 0 aliphatic rings. The van der Waals surface area contributed by atoms with Gasteiger partial charge in [-0.15, -0.1) is 11.8 Å². The Labute approximate surface area is 210 Å².